The quantitative estimate of drug-likeness (QED) is 0.865. The number of hydrogen-bond donors (Lipinski definition) is 2. The second-order valence-corrected chi connectivity index (χ2v) is 4.27. The molecule has 0 atom stereocenters. The van der Waals surface area contributed by atoms with Crippen molar-refractivity contribution in [3.8, 4) is 0 Å². The Morgan fingerprint density at radius 3 is 2.53 bits per heavy atom. The standard InChI is InChI=1S/C13H17F3N2O/c1-2-3-4-12(19)18-11-6-9(8-17)5-10(7-11)13(14,15)16/h5-7H,2-4,8,17H2,1H3,(H,18,19). The van der Waals surface area contributed by atoms with Gasteiger partial charge in [-0.3, -0.25) is 4.79 Å². The van der Waals surface area contributed by atoms with Crippen molar-refractivity contribution in [3.05, 3.63) is 29.3 Å². The van der Waals surface area contributed by atoms with Crippen molar-refractivity contribution in [1.29, 1.82) is 0 Å². The van der Waals surface area contributed by atoms with Crippen LogP contribution in [-0.4, -0.2) is 5.91 Å². The lowest BCUT2D eigenvalue weighted by Crippen LogP contribution is -2.14. The normalized spacial score (nSPS) is 11.4. The van der Waals surface area contributed by atoms with E-state index in [9.17, 15) is 18.0 Å². The third-order valence-corrected chi connectivity index (χ3v) is 2.60. The fourth-order valence-corrected chi connectivity index (χ4v) is 1.61. The molecule has 0 fully saturated rings. The predicted molar refractivity (Wildman–Crippen MR) is 67.5 cm³/mol. The van der Waals surface area contributed by atoms with E-state index in [4.69, 9.17) is 5.73 Å². The van der Waals surface area contributed by atoms with E-state index in [0.717, 1.165) is 18.6 Å². The summed E-state index contributed by atoms with van der Waals surface area (Å²) in [6.07, 6.45) is -2.60. The summed E-state index contributed by atoms with van der Waals surface area (Å²) in [6, 6.07) is 3.36. The van der Waals surface area contributed by atoms with E-state index >= 15 is 0 Å². The van der Waals surface area contributed by atoms with Crippen LogP contribution in [0, 0.1) is 0 Å². The molecule has 0 aliphatic rings. The molecular formula is C13H17F3N2O. The molecule has 0 heterocycles. The summed E-state index contributed by atoms with van der Waals surface area (Å²) in [4.78, 5) is 11.5. The molecular weight excluding hydrogens is 257 g/mol. The number of amides is 1. The van der Waals surface area contributed by atoms with Crippen LogP contribution in [0.1, 0.15) is 37.3 Å². The molecule has 19 heavy (non-hydrogen) atoms. The van der Waals surface area contributed by atoms with E-state index in [1.54, 1.807) is 0 Å². The van der Waals surface area contributed by atoms with Gasteiger partial charge in [0.25, 0.3) is 0 Å². The van der Waals surface area contributed by atoms with Gasteiger partial charge in [0, 0.05) is 18.7 Å². The van der Waals surface area contributed by atoms with Crippen LogP contribution in [0.4, 0.5) is 18.9 Å². The van der Waals surface area contributed by atoms with Crippen LogP contribution in [0.3, 0.4) is 0 Å². The molecule has 1 aromatic rings. The van der Waals surface area contributed by atoms with Crippen molar-refractivity contribution >= 4 is 11.6 Å². The minimum Gasteiger partial charge on any atom is -0.326 e. The Bertz CT molecular complexity index is 444. The van der Waals surface area contributed by atoms with Crippen molar-refractivity contribution in [2.24, 2.45) is 5.73 Å². The van der Waals surface area contributed by atoms with Crippen LogP contribution in [0.5, 0.6) is 0 Å². The lowest BCUT2D eigenvalue weighted by atomic mass is 10.1. The van der Waals surface area contributed by atoms with Crippen LogP contribution >= 0.6 is 0 Å². The Labute approximate surface area is 110 Å². The fraction of sp³-hybridized carbons (Fsp3) is 0.462. The number of anilines is 1. The van der Waals surface area contributed by atoms with Gasteiger partial charge in [-0.05, 0) is 30.2 Å². The average molecular weight is 274 g/mol. The summed E-state index contributed by atoms with van der Waals surface area (Å²) >= 11 is 0. The first-order valence-electron chi connectivity index (χ1n) is 6.08. The second-order valence-electron chi connectivity index (χ2n) is 4.27. The number of alkyl halides is 3. The number of unbranched alkanes of at least 4 members (excludes halogenated alkanes) is 1. The van der Waals surface area contributed by atoms with E-state index in [1.807, 2.05) is 6.92 Å². The van der Waals surface area contributed by atoms with Crippen LogP contribution in [0.15, 0.2) is 18.2 Å². The lowest BCUT2D eigenvalue weighted by molar-refractivity contribution is -0.137. The van der Waals surface area contributed by atoms with Gasteiger partial charge in [0.2, 0.25) is 5.91 Å². The van der Waals surface area contributed by atoms with Gasteiger partial charge in [-0.1, -0.05) is 13.3 Å². The Morgan fingerprint density at radius 2 is 2.00 bits per heavy atom. The highest BCUT2D eigenvalue weighted by atomic mass is 19.4. The monoisotopic (exact) mass is 274 g/mol. The average Bonchev–Trinajstić information content (AvgIpc) is 2.34. The molecule has 0 spiro atoms. The maximum absolute atomic E-state index is 12.7. The first-order valence-corrected chi connectivity index (χ1v) is 6.08. The van der Waals surface area contributed by atoms with Crippen LogP contribution in [-0.2, 0) is 17.5 Å². The molecule has 106 valence electrons. The van der Waals surface area contributed by atoms with E-state index in [1.165, 1.54) is 6.07 Å². The van der Waals surface area contributed by atoms with E-state index in [2.05, 4.69) is 5.32 Å². The molecule has 0 unspecified atom stereocenters. The van der Waals surface area contributed by atoms with Crippen LogP contribution in [0.2, 0.25) is 0 Å². The zero-order chi connectivity index (χ0) is 14.5. The van der Waals surface area contributed by atoms with Gasteiger partial charge in [0.15, 0.2) is 0 Å². The molecule has 0 saturated heterocycles. The molecule has 3 nitrogen and oxygen atoms in total. The molecule has 6 heteroatoms. The highest BCUT2D eigenvalue weighted by molar-refractivity contribution is 5.90. The summed E-state index contributed by atoms with van der Waals surface area (Å²) in [5, 5.41) is 2.47. The van der Waals surface area contributed by atoms with E-state index < -0.39 is 11.7 Å². The largest absolute Gasteiger partial charge is 0.416 e. The molecule has 1 rings (SSSR count). The SMILES string of the molecule is CCCCC(=O)Nc1cc(CN)cc(C(F)(F)F)c1. The molecule has 0 aliphatic carbocycles. The minimum absolute atomic E-state index is 0.0122. The lowest BCUT2D eigenvalue weighted by Gasteiger charge is -2.12. The first-order chi connectivity index (χ1) is 8.86. The number of carbonyl (C=O) groups is 1. The topological polar surface area (TPSA) is 55.1 Å². The number of nitrogens with one attached hydrogen (secondary N) is 1. The smallest absolute Gasteiger partial charge is 0.326 e. The minimum atomic E-state index is -4.45. The van der Waals surface area contributed by atoms with Gasteiger partial charge in [0.1, 0.15) is 0 Å². The predicted octanol–water partition coefficient (Wildman–Crippen LogP) is 3.29. The molecule has 0 bridgehead atoms. The van der Waals surface area contributed by atoms with E-state index in [0.29, 0.717) is 18.4 Å². The summed E-state index contributed by atoms with van der Waals surface area (Å²) in [5.41, 5.74) is 5.03. The highest BCUT2D eigenvalue weighted by Gasteiger charge is 2.31. The van der Waals surface area contributed by atoms with E-state index in [-0.39, 0.29) is 18.1 Å². The van der Waals surface area contributed by atoms with Crippen molar-refractivity contribution in [2.75, 3.05) is 5.32 Å². The van der Waals surface area contributed by atoms with Crippen molar-refractivity contribution in [2.45, 2.75) is 38.9 Å². The van der Waals surface area contributed by atoms with Crippen LogP contribution < -0.4 is 11.1 Å². The van der Waals surface area contributed by atoms with Gasteiger partial charge < -0.3 is 11.1 Å². The number of benzene rings is 1. The third kappa shape index (κ3) is 4.90. The number of rotatable bonds is 5. The van der Waals surface area contributed by atoms with Crippen molar-refractivity contribution in [3.63, 3.8) is 0 Å². The van der Waals surface area contributed by atoms with Gasteiger partial charge in [-0.25, -0.2) is 0 Å². The van der Waals surface area contributed by atoms with Crippen molar-refractivity contribution < 1.29 is 18.0 Å². The summed E-state index contributed by atoms with van der Waals surface area (Å²) in [5.74, 6) is -0.288. The maximum atomic E-state index is 12.7. The Balaban J connectivity index is 2.91. The summed E-state index contributed by atoms with van der Waals surface area (Å²) in [7, 11) is 0. The van der Waals surface area contributed by atoms with Crippen LogP contribution in [0.25, 0.3) is 0 Å². The second kappa shape index (κ2) is 6.56. The zero-order valence-corrected chi connectivity index (χ0v) is 10.7. The maximum Gasteiger partial charge on any atom is 0.416 e. The number of nitrogens with two attached hydrogens (primary N) is 1. The Morgan fingerprint density at radius 1 is 1.32 bits per heavy atom. The van der Waals surface area contributed by atoms with Crippen molar-refractivity contribution in [1.82, 2.24) is 0 Å². The fourth-order valence-electron chi connectivity index (χ4n) is 1.61. The van der Waals surface area contributed by atoms with Gasteiger partial charge >= 0.3 is 6.18 Å². The Hall–Kier alpha value is -1.56. The number of hydrogen-bond acceptors (Lipinski definition) is 2. The zero-order valence-electron chi connectivity index (χ0n) is 10.7. The molecule has 0 aliphatic heterocycles. The molecule has 1 amide bonds. The molecule has 3 N–H and O–H groups in total. The molecule has 0 aromatic heterocycles. The Kier molecular flexibility index (Phi) is 5.35. The molecule has 0 saturated carbocycles. The number of halogens is 3. The van der Waals surface area contributed by atoms with Gasteiger partial charge in [-0.15, -0.1) is 0 Å². The van der Waals surface area contributed by atoms with Gasteiger partial charge in [0.05, 0.1) is 5.56 Å². The molecule has 1 aromatic carbocycles. The summed E-state index contributed by atoms with van der Waals surface area (Å²) in [6.45, 7) is 1.92. The van der Waals surface area contributed by atoms with Gasteiger partial charge in [-0.2, -0.15) is 13.2 Å². The first kappa shape index (κ1) is 15.5. The molecule has 0 radical (unpaired) electrons. The third-order valence-electron chi connectivity index (χ3n) is 2.60. The highest BCUT2D eigenvalue weighted by Crippen LogP contribution is 2.32. The summed E-state index contributed by atoms with van der Waals surface area (Å²) < 4.78 is 38.0. The number of carbonyl (C=O) groups excluding carboxylic acids is 1.